The van der Waals surface area contributed by atoms with E-state index in [0.29, 0.717) is 16.8 Å². The van der Waals surface area contributed by atoms with Crippen LogP contribution in [-0.4, -0.2) is 20.1 Å². The molecule has 1 heterocycles. The first-order valence-corrected chi connectivity index (χ1v) is 6.83. The van der Waals surface area contributed by atoms with Gasteiger partial charge in [-0.2, -0.15) is 0 Å². The zero-order chi connectivity index (χ0) is 13.8. The lowest BCUT2D eigenvalue weighted by atomic mass is 10.2. The Morgan fingerprint density at radius 1 is 1.37 bits per heavy atom. The lowest BCUT2D eigenvalue weighted by molar-refractivity contribution is -0.384. The fourth-order valence-corrected chi connectivity index (χ4v) is 2.20. The largest absolute Gasteiger partial charge is 0.269 e. The molecule has 0 amide bonds. The monoisotopic (exact) mass is 278 g/mol. The summed E-state index contributed by atoms with van der Waals surface area (Å²) in [5.74, 6) is 1.88. The first-order chi connectivity index (χ1) is 9.06. The van der Waals surface area contributed by atoms with Crippen LogP contribution in [0.1, 0.15) is 31.2 Å². The first kappa shape index (κ1) is 13.5. The second-order valence-corrected chi connectivity index (χ2v) is 5.31. The molecule has 100 valence electrons. The maximum absolute atomic E-state index is 10.5. The highest BCUT2D eigenvalue weighted by Gasteiger charge is 2.08. The molecule has 1 aromatic heterocycles. The van der Waals surface area contributed by atoms with Crippen LogP contribution in [0, 0.1) is 10.1 Å². The number of non-ortho nitro benzene ring substituents is 1. The molecule has 2 rings (SSSR count). The van der Waals surface area contributed by atoms with Gasteiger partial charge in [0.25, 0.3) is 5.69 Å². The number of nitrogens with zero attached hydrogens (tertiary/aromatic N) is 3. The highest BCUT2D eigenvalue weighted by atomic mass is 32.2. The molecule has 1 aromatic carbocycles. The van der Waals surface area contributed by atoms with Gasteiger partial charge in [0, 0.05) is 23.8 Å². The van der Waals surface area contributed by atoms with Crippen molar-refractivity contribution in [2.45, 2.75) is 30.7 Å². The molecule has 0 unspecified atom stereocenters. The Morgan fingerprint density at radius 2 is 2.05 bits per heavy atom. The van der Waals surface area contributed by atoms with E-state index in [2.05, 4.69) is 15.2 Å². The highest BCUT2D eigenvalue weighted by molar-refractivity contribution is 7.98. The molecule has 19 heavy (non-hydrogen) atoms. The normalized spacial score (nSPS) is 10.9. The van der Waals surface area contributed by atoms with E-state index in [1.54, 1.807) is 12.1 Å². The van der Waals surface area contributed by atoms with Gasteiger partial charge in [0.1, 0.15) is 5.82 Å². The topological polar surface area (TPSA) is 84.7 Å². The number of nitrogens with one attached hydrogen (secondary N) is 1. The van der Waals surface area contributed by atoms with Crippen molar-refractivity contribution >= 4 is 17.4 Å². The third kappa shape index (κ3) is 3.54. The van der Waals surface area contributed by atoms with Crippen molar-refractivity contribution in [2.75, 3.05) is 0 Å². The van der Waals surface area contributed by atoms with Gasteiger partial charge in [0.15, 0.2) is 0 Å². The number of H-pyrrole nitrogens is 1. The summed E-state index contributed by atoms with van der Waals surface area (Å²) < 4.78 is 0. The van der Waals surface area contributed by atoms with Crippen LogP contribution in [0.25, 0.3) is 0 Å². The Kier molecular flexibility index (Phi) is 4.16. The summed E-state index contributed by atoms with van der Waals surface area (Å²) in [5, 5.41) is 18.2. The van der Waals surface area contributed by atoms with Gasteiger partial charge >= 0.3 is 0 Å². The zero-order valence-corrected chi connectivity index (χ0v) is 11.5. The van der Waals surface area contributed by atoms with Crippen molar-refractivity contribution in [3.8, 4) is 0 Å². The van der Waals surface area contributed by atoms with E-state index >= 15 is 0 Å². The quantitative estimate of drug-likeness (QED) is 0.516. The van der Waals surface area contributed by atoms with Gasteiger partial charge in [-0.05, 0) is 5.56 Å². The van der Waals surface area contributed by atoms with Crippen molar-refractivity contribution in [1.29, 1.82) is 0 Å². The molecule has 0 saturated heterocycles. The summed E-state index contributed by atoms with van der Waals surface area (Å²) in [6.45, 7) is 4.09. The van der Waals surface area contributed by atoms with E-state index in [1.807, 2.05) is 13.8 Å². The molecule has 0 radical (unpaired) electrons. The van der Waals surface area contributed by atoms with Gasteiger partial charge in [-0.1, -0.05) is 37.7 Å². The minimum absolute atomic E-state index is 0.105. The number of nitro benzene ring substituents is 1. The maximum atomic E-state index is 10.5. The Morgan fingerprint density at radius 3 is 2.58 bits per heavy atom. The van der Waals surface area contributed by atoms with Crippen LogP contribution in [0.5, 0.6) is 0 Å². The number of hydrogen-bond donors (Lipinski definition) is 1. The molecule has 1 N–H and O–H groups in total. The smallest absolute Gasteiger partial charge is 0.262 e. The summed E-state index contributed by atoms with van der Waals surface area (Å²) in [6.07, 6.45) is 0. The molecule has 6 nitrogen and oxygen atoms in total. The second kappa shape index (κ2) is 5.83. The van der Waals surface area contributed by atoms with Gasteiger partial charge in [-0.3, -0.25) is 15.2 Å². The predicted octanol–water partition coefficient (Wildman–Crippen LogP) is 3.13. The van der Waals surface area contributed by atoms with E-state index in [1.165, 1.54) is 23.9 Å². The van der Waals surface area contributed by atoms with Crippen LogP contribution in [-0.2, 0) is 5.75 Å². The molecule has 0 saturated carbocycles. The SMILES string of the molecule is CC(C)c1nc(SCc2ccc([N+](=O)[O-])cc2)n[nH]1. The Bertz CT molecular complexity index is 565. The number of rotatable bonds is 5. The number of aromatic nitrogens is 3. The van der Waals surface area contributed by atoms with Gasteiger partial charge in [-0.15, -0.1) is 5.10 Å². The molecular formula is C12H14N4O2S. The van der Waals surface area contributed by atoms with Crippen molar-refractivity contribution in [1.82, 2.24) is 15.2 Å². The predicted molar refractivity (Wildman–Crippen MR) is 73.1 cm³/mol. The lowest BCUT2D eigenvalue weighted by Crippen LogP contribution is -1.89. The lowest BCUT2D eigenvalue weighted by Gasteiger charge is -1.98. The molecule has 7 heteroatoms. The van der Waals surface area contributed by atoms with Crippen LogP contribution in [0.15, 0.2) is 29.4 Å². The van der Waals surface area contributed by atoms with Crippen LogP contribution in [0.4, 0.5) is 5.69 Å². The third-order valence-corrected chi connectivity index (χ3v) is 3.46. The summed E-state index contributed by atoms with van der Waals surface area (Å²) in [4.78, 5) is 14.5. The van der Waals surface area contributed by atoms with Crippen molar-refractivity contribution in [2.24, 2.45) is 0 Å². The first-order valence-electron chi connectivity index (χ1n) is 5.84. The molecule has 0 fully saturated rings. The molecule has 0 aliphatic heterocycles. The number of benzene rings is 1. The summed E-state index contributed by atoms with van der Waals surface area (Å²) >= 11 is 1.50. The van der Waals surface area contributed by atoms with Crippen LogP contribution in [0.3, 0.4) is 0 Å². The summed E-state index contributed by atoms with van der Waals surface area (Å²) in [7, 11) is 0. The van der Waals surface area contributed by atoms with E-state index < -0.39 is 4.92 Å². The number of aromatic amines is 1. The summed E-state index contributed by atoms with van der Waals surface area (Å²) in [6, 6.07) is 6.52. The zero-order valence-electron chi connectivity index (χ0n) is 10.7. The molecule has 0 aliphatic carbocycles. The van der Waals surface area contributed by atoms with Crippen LogP contribution >= 0.6 is 11.8 Å². The molecule has 2 aromatic rings. The molecule has 0 bridgehead atoms. The minimum Gasteiger partial charge on any atom is -0.262 e. The third-order valence-electron chi connectivity index (χ3n) is 2.54. The fourth-order valence-electron chi connectivity index (χ4n) is 1.44. The Hall–Kier alpha value is -1.89. The van der Waals surface area contributed by atoms with E-state index in [-0.39, 0.29) is 5.69 Å². The minimum atomic E-state index is -0.402. The molecule has 0 spiro atoms. The Balaban J connectivity index is 1.96. The number of thioether (sulfide) groups is 1. The van der Waals surface area contributed by atoms with Crippen LogP contribution in [0.2, 0.25) is 0 Å². The summed E-state index contributed by atoms with van der Waals surface area (Å²) in [5.41, 5.74) is 1.11. The average Bonchev–Trinajstić information content (AvgIpc) is 2.86. The van der Waals surface area contributed by atoms with Gasteiger partial charge in [0.2, 0.25) is 5.16 Å². The van der Waals surface area contributed by atoms with Gasteiger partial charge < -0.3 is 0 Å². The Labute approximate surface area is 114 Å². The second-order valence-electron chi connectivity index (χ2n) is 4.37. The molecular weight excluding hydrogens is 264 g/mol. The fraction of sp³-hybridized carbons (Fsp3) is 0.333. The maximum Gasteiger partial charge on any atom is 0.269 e. The molecule has 0 aliphatic rings. The number of hydrogen-bond acceptors (Lipinski definition) is 5. The van der Waals surface area contributed by atoms with Crippen molar-refractivity contribution in [3.05, 3.63) is 45.8 Å². The number of nitro groups is 1. The van der Waals surface area contributed by atoms with E-state index in [0.717, 1.165) is 11.4 Å². The average molecular weight is 278 g/mol. The standard InChI is InChI=1S/C12H14N4O2S/c1-8(2)11-13-12(15-14-11)19-7-9-3-5-10(6-4-9)16(17)18/h3-6,8H,7H2,1-2H3,(H,13,14,15). The molecule has 0 atom stereocenters. The van der Waals surface area contributed by atoms with E-state index in [4.69, 9.17) is 0 Å². The van der Waals surface area contributed by atoms with Gasteiger partial charge in [0.05, 0.1) is 4.92 Å². The van der Waals surface area contributed by atoms with Crippen molar-refractivity contribution in [3.63, 3.8) is 0 Å². The van der Waals surface area contributed by atoms with Crippen molar-refractivity contribution < 1.29 is 4.92 Å². The van der Waals surface area contributed by atoms with Gasteiger partial charge in [-0.25, -0.2) is 4.98 Å². The highest BCUT2D eigenvalue weighted by Crippen LogP contribution is 2.22. The van der Waals surface area contributed by atoms with Crippen LogP contribution < -0.4 is 0 Å². The van der Waals surface area contributed by atoms with E-state index in [9.17, 15) is 10.1 Å².